The molecule has 19 heavy (non-hydrogen) atoms. The zero-order chi connectivity index (χ0) is 14.2. The Morgan fingerprint density at radius 1 is 1.37 bits per heavy atom. The fourth-order valence-electron chi connectivity index (χ4n) is 2.00. The number of rotatable bonds is 3. The van der Waals surface area contributed by atoms with Crippen molar-refractivity contribution in [2.75, 3.05) is 0 Å². The molecule has 1 unspecified atom stereocenters. The first kappa shape index (κ1) is 14.9. The summed E-state index contributed by atoms with van der Waals surface area (Å²) in [7, 11) is 0. The van der Waals surface area contributed by atoms with Gasteiger partial charge in [-0.3, -0.25) is 0 Å². The Labute approximate surface area is 128 Å². The first-order valence-electron chi connectivity index (χ1n) is 6.53. The highest BCUT2D eigenvalue weighted by atomic mass is 79.9. The van der Waals surface area contributed by atoms with E-state index in [1.807, 2.05) is 12.1 Å². The standard InChI is InChI=1S/C15H20BrClN2/c1-10(15(2,3)4)9-19-13-7-11(16)5-6-12(13)18-14(19)8-17/h5-7,10H,8-9H2,1-4H3. The molecule has 0 radical (unpaired) electrons. The molecule has 0 bridgehead atoms. The van der Waals surface area contributed by atoms with Crippen molar-refractivity contribution in [3.63, 3.8) is 0 Å². The molecule has 0 N–H and O–H groups in total. The Morgan fingerprint density at radius 2 is 2.05 bits per heavy atom. The van der Waals surface area contributed by atoms with Gasteiger partial charge in [-0.1, -0.05) is 43.6 Å². The number of aromatic nitrogens is 2. The predicted octanol–water partition coefficient (Wildman–Crippen LogP) is 5.22. The van der Waals surface area contributed by atoms with Crippen LogP contribution < -0.4 is 0 Å². The van der Waals surface area contributed by atoms with Crippen LogP contribution in [0.15, 0.2) is 22.7 Å². The van der Waals surface area contributed by atoms with Gasteiger partial charge in [-0.2, -0.15) is 0 Å². The minimum absolute atomic E-state index is 0.270. The van der Waals surface area contributed by atoms with Crippen LogP contribution in [0.1, 0.15) is 33.5 Å². The van der Waals surface area contributed by atoms with Gasteiger partial charge < -0.3 is 4.57 Å². The summed E-state index contributed by atoms with van der Waals surface area (Å²) < 4.78 is 3.33. The van der Waals surface area contributed by atoms with Gasteiger partial charge in [0.2, 0.25) is 0 Å². The maximum Gasteiger partial charge on any atom is 0.124 e. The highest BCUT2D eigenvalue weighted by Crippen LogP contribution is 2.30. The molecule has 2 aromatic rings. The lowest BCUT2D eigenvalue weighted by Crippen LogP contribution is -2.23. The molecule has 0 aliphatic carbocycles. The minimum atomic E-state index is 0.270. The van der Waals surface area contributed by atoms with Crippen molar-refractivity contribution in [2.45, 2.75) is 40.1 Å². The van der Waals surface area contributed by atoms with Crippen LogP contribution in [-0.4, -0.2) is 9.55 Å². The zero-order valence-corrected chi connectivity index (χ0v) is 14.2. The molecule has 1 heterocycles. The molecule has 0 saturated heterocycles. The normalized spacial score (nSPS) is 14.0. The third-order valence-electron chi connectivity index (χ3n) is 3.84. The number of hydrogen-bond acceptors (Lipinski definition) is 1. The van der Waals surface area contributed by atoms with Gasteiger partial charge >= 0.3 is 0 Å². The van der Waals surface area contributed by atoms with Gasteiger partial charge in [0, 0.05) is 11.0 Å². The summed E-state index contributed by atoms with van der Waals surface area (Å²) in [5.41, 5.74) is 2.44. The van der Waals surface area contributed by atoms with E-state index in [2.05, 4.69) is 59.2 Å². The minimum Gasteiger partial charge on any atom is -0.327 e. The molecule has 4 heteroatoms. The molecule has 104 valence electrons. The summed E-state index contributed by atoms with van der Waals surface area (Å²) in [6, 6.07) is 6.17. The maximum absolute atomic E-state index is 6.05. The topological polar surface area (TPSA) is 17.8 Å². The second kappa shape index (κ2) is 5.45. The Bertz CT molecular complexity index is 584. The lowest BCUT2D eigenvalue weighted by molar-refractivity contribution is 0.233. The smallest absolute Gasteiger partial charge is 0.124 e. The molecule has 0 aliphatic heterocycles. The molecule has 0 saturated carbocycles. The molecule has 1 aromatic heterocycles. The molecule has 0 fully saturated rings. The van der Waals surface area contributed by atoms with Crippen LogP contribution in [0.4, 0.5) is 0 Å². The van der Waals surface area contributed by atoms with Gasteiger partial charge in [0.25, 0.3) is 0 Å². The van der Waals surface area contributed by atoms with Gasteiger partial charge in [0.15, 0.2) is 0 Å². The van der Waals surface area contributed by atoms with Crippen LogP contribution in [-0.2, 0) is 12.4 Å². The highest BCUT2D eigenvalue weighted by Gasteiger charge is 2.22. The van der Waals surface area contributed by atoms with Crippen molar-refractivity contribution in [1.82, 2.24) is 9.55 Å². The molecule has 1 aromatic carbocycles. The van der Waals surface area contributed by atoms with Crippen LogP contribution >= 0.6 is 27.5 Å². The first-order valence-corrected chi connectivity index (χ1v) is 7.86. The van der Waals surface area contributed by atoms with Crippen molar-refractivity contribution < 1.29 is 0 Å². The van der Waals surface area contributed by atoms with E-state index < -0.39 is 0 Å². The zero-order valence-electron chi connectivity index (χ0n) is 11.9. The van der Waals surface area contributed by atoms with Crippen molar-refractivity contribution >= 4 is 38.6 Å². The predicted molar refractivity (Wildman–Crippen MR) is 85.6 cm³/mol. The van der Waals surface area contributed by atoms with E-state index >= 15 is 0 Å². The number of nitrogens with zero attached hydrogens (tertiary/aromatic N) is 2. The average Bonchev–Trinajstić information content (AvgIpc) is 2.66. The second-order valence-electron chi connectivity index (χ2n) is 6.17. The fourth-order valence-corrected chi connectivity index (χ4v) is 2.55. The van der Waals surface area contributed by atoms with Gasteiger partial charge in [-0.15, -0.1) is 11.6 Å². The quantitative estimate of drug-likeness (QED) is 0.699. The molecule has 2 rings (SSSR count). The molecule has 0 spiro atoms. The summed E-state index contributed by atoms with van der Waals surface area (Å²) in [4.78, 5) is 4.62. The Kier molecular flexibility index (Phi) is 4.26. The van der Waals surface area contributed by atoms with Gasteiger partial charge in [0.05, 0.1) is 16.9 Å². The molecule has 0 amide bonds. The van der Waals surface area contributed by atoms with E-state index in [0.29, 0.717) is 11.8 Å². The molecule has 2 nitrogen and oxygen atoms in total. The van der Waals surface area contributed by atoms with E-state index in [4.69, 9.17) is 11.6 Å². The van der Waals surface area contributed by atoms with E-state index in [1.165, 1.54) is 0 Å². The van der Waals surface area contributed by atoms with Gasteiger partial charge in [-0.05, 0) is 29.5 Å². The third-order valence-corrected chi connectivity index (χ3v) is 4.58. The number of benzene rings is 1. The van der Waals surface area contributed by atoms with Gasteiger partial charge in [-0.25, -0.2) is 4.98 Å². The van der Waals surface area contributed by atoms with Crippen molar-refractivity contribution in [3.8, 4) is 0 Å². The van der Waals surface area contributed by atoms with Crippen LogP contribution in [0.5, 0.6) is 0 Å². The van der Waals surface area contributed by atoms with Crippen molar-refractivity contribution in [2.24, 2.45) is 11.3 Å². The first-order chi connectivity index (χ1) is 8.82. The summed E-state index contributed by atoms with van der Waals surface area (Å²) in [6.45, 7) is 10.0. The number of hydrogen-bond donors (Lipinski definition) is 0. The second-order valence-corrected chi connectivity index (χ2v) is 7.36. The molecule has 0 aliphatic rings. The van der Waals surface area contributed by atoms with Crippen LogP contribution in [0, 0.1) is 11.3 Å². The fraction of sp³-hybridized carbons (Fsp3) is 0.533. The van der Waals surface area contributed by atoms with Crippen molar-refractivity contribution in [1.29, 1.82) is 0 Å². The lowest BCUT2D eigenvalue weighted by Gasteiger charge is -2.28. The van der Waals surface area contributed by atoms with Crippen LogP contribution in [0.25, 0.3) is 11.0 Å². The monoisotopic (exact) mass is 342 g/mol. The molecular formula is C15H20BrClN2. The number of imidazole rings is 1. The SMILES string of the molecule is CC(Cn1c(CCl)nc2ccc(Br)cc21)C(C)(C)C. The van der Waals surface area contributed by atoms with E-state index in [1.54, 1.807) is 0 Å². The molecular weight excluding hydrogens is 324 g/mol. The Morgan fingerprint density at radius 3 is 2.63 bits per heavy atom. The molecule has 1 atom stereocenters. The Hall–Kier alpha value is -0.540. The average molecular weight is 344 g/mol. The maximum atomic E-state index is 6.05. The van der Waals surface area contributed by atoms with Crippen molar-refractivity contribution in [3.05, 3.63) is 28.5 Å². The summed E-state index contributed by atoms with van der Waals surface area (Å²) >= 11 is 9.58. The van der Waals surface area contributed by atoms with E-state index in [0.717, 1.165) is 27.9 Å². The van der Waals surface area contributed by atoms with Crippen LogP contribution in [0.2, 0.25) is 0 Å². The van der Waals surface area contributed by atoms with E-state index in [9.17, 15) is 0 Å². The summed E-state index contributed by atoms with van der Waals surface area (Å²) in [5, 5.41) is 0. The van der Waals surface area contributed by atoms with Gasteiger partial charge in [0.1, 0.15) is 5.82 Å². The summed E-state index contributed by atoms with van der Waals surface area (Å²) in [6.07, 6.45) is 0. The summed E-state index contributed by atoms with van der Waals surface area (Å²) in [5.74, 6) is 1.94. The largest absolute Gasteiger partial charge is 0.327 e. The number of alkyl halides is 1. The lowest BCUT2D eigenvalue weighted by atomic mass is 9.82. The number of halogens is 2. The highest BCUT2D eigenvalue weighted by molar-refractivity contribution is 9.10. The third kappa shape index (κ3) is 3.14. The number of fused-ring (bicyclic) bond motifs is 1. The van der Waals surface area contributed by atoms with Crippen LogP contribution in [0.3, 0.4) is 0 Å². The Balaban J connectivity index is 2.48. The van der Waals surface area contributed by atoms with E-state index in [-0.39, 0.29) is 5.41 Å².